The molecule has 3 nitrogen and oxygen atoms in total. The summed E-state index contributed by atoms with van der Waals surface area (Å²) in [6, 6.07) is 18.4. The van der Waals surface area contributed by atoms with Crippen molar-refractivity contribution in [3.8, 4) is 0 Å². The molecule has 116 valence electrons. The molecule has 0 atom stereocenters. The Morgan fingerprint density at radius 1 is 1.00 bits per heavy atom. The van der Waals surface area contributed by atoms with Gasteiger partial charge in [0.25, 0.3) is 0 Å². The second-order valence-electron chi connectivity index (χ2n) is 5.32. The molecule has 2 aromatic rings. The number of carbonyl (C=O) groups excluding carboxylic acids is 1. The van der Waals surface area contributed by atoms with Crippen molar-refractivity contribution in [1.29, 1.82) is 0 Å². The first kappa shape index (κ1) is 16.4. The van der Waals surface area contributed by atoms with Crippen LogP contribution in [0.15, 0.2) is 54.6 Å². The van der Waals surface area contributed by atoms with E-state index in [4.69, 9.17) is 0 Å². The molecular weight excluding hydrogens is 292 g/mol. The molecule has 0 aliphatic carbocycles. The maximum atomic E-state index is 11.8. The van der Waals surface area contributed by atoms with E-state index in [2.05, 4.69) is 34.5 Å². The van der Waals surface area contributed by atoms with Crippen LogP contribution in [0.25, 0.3) is 0 Å². The highest BCUT2D eigenvalue weighted by atomic mass is 32.2. The highest BCUT2D eigenvalue weighted by molar-refractivity contribution is 7.99. The molecule has 2 aromatic carbocycles. The van der Waals surface area contributed by atoms with Gasteiger partial charge in [-0.1, -0.05) is 42.5 Å². The van der Waals surface area contributed by atoms with Crippen LogP contribution < -0.4 is 10.2 Å². The van der Waals surface area contributed by atoms with Gasteiger partial charge in [0, 0.05) is 32.1 Å². The van der Waals surface area contributed by atoms with E-state index in [1.54, 1.807) is 11.8 Å². The van der Waals surface area contributed by atoms with Gasteiger partial charge in [0.1, 0.15) is 0 Å². The standard InChI is InChI=1S/C18H22N2OS/c1-20(2)17-10-8-15(9-11-17)12-19-18(21)14-22-13-16-6-4-3-5-7-16/h3-11H,12-14H2,1-2H3,(H,19,21). The fourth-order valence-corrected chi connectivity index (χ4v) is 2.82. The molecule has 2 rings (SSSR count). The number of hydrogen-bond acceptors (Lipinski definition) is 3. The normalized spacial score (nSPS) is 10.3. The third-order valence-corrected chi connectivity index (χ3v) is 4.29. The maximum absolute atomic E-state index is 11.8. The van der Waals surface area contributed by atoms with E-state index in [1.807, 2.05) is 44.4 Å². The summed E-state index contributed by atoms with van der Waals surface area (Å²) in [5.74, 6) is 1.44. The first-order valence-electron chi connectivity index (χ1n) is 7.30. The van der Waals surface area contributed by atoms with Crippen molar-refractivity contribution in [2.45, 2.75) is 12.3 Å². The molecular formula is C18H22N2OS. The molecule has 0 saturated carbocycles. The van der Waals surface area contributed by atoms with Gasteiger partial charge in [-0.15, -0.1) is 11.8 Å². The van der Waals surface area contributed by atoms with Crippen molar-refractivity contribution >= 4 is 23.4 Å². The number of thioether (sulfide) groups is 1. The summed E-state index contributed by atoms with van der Waals surface area (Å²) in [7, 11) is 4.03. The van der Waals surface area contributed by atoms with E-state index in [0.717, 1.165) is 17.0 Å². The summed E-state index contributed by atoms with van der Waals surface area (Å²) in [6.07, 6.45) is 0. The van der Waals surface area contributed by atoms with Crippen LogP contribution in [0.5, 0.6) is 0 Å². The Hall–Kier alpha value is -1.94. The fraction of sp³-hybridized carbons (Fsp3) is 0.278. The number of rotatable bonds is 7. The zero-order chi connectivity index (χ0) is 15.8. The summed E-state index contributed by atoms with van der Waals surface area (Å²) >= 11 is 1.64. The molecule has 0 radical (unpaired) electrons. The fourth-order valence-electron chi connectivity index (χ4n) is 2.00. The van der Waals surface area contributed by atoms with Crippen LogP contribution in [-0.2, 0) is 17.1 Å². The van der Waals surface area contributed by atoms with Gasteiger partial charge in [-0.3, -0.25) is 4.79 Å². The number of amides is 1. The third-order valence-electron chi connectivity index (χ3n) is 3.29. The number of anilines is 1. The van der Waals surface area contributed by atoms with E-state index in [9.17, 15) is 4.79 Å². The van der Waals surface area contributed by atoms with Crippen LogP contribution >= 0.6 is 11.8 Å². The second kappa shape index (κ2) is 8.49. The highest BCUT2D eigenvalue weighted by Crippen LogP contribution is 2.13. The largest absolute Gasteiger partial charge is 0.378 e. The van der Waals surface area contributed by atoms with Gasteiger partial charge in [-0.05, 0) is 23.3 Å². The Kier molecular flexibility index (Phi) is 6.34. The minimum absolute atomic E-state index is 0.0811. The van der Waals surface area contributed by atoms with Gasteiger partial charge in [-0.2, -0.15) is 0 Å². The van der Waals surface area contributed by atoms with Gasteiger partial charge in [0.2, 0.25) is 5.91 Å². The quantitative estimate of drug-likeness (QED) is 0.851. The molecule has 0 saturated heterocycles. The monoisotopic (exact) mass is 314 g/mol. The molecule has 4 heteroatoms. The predicted octanol–water partition coefficient (Wildman–Crippen LogP) is 3.30. The van der Waals surface area contributed by atoms with Crippen LogP contribution in [-0.4, -0.2) is 25.8 Å². The average Bonchev–Trinajstić information content (AvgIpc) is 2.54. The Labute approximate surface area is 136 Å². The summed E-state index contributed by atoms with van der Waals surface area (Å²) in [6.45, 7) is 0.582. The van der Waals surface area contributed by atoms with Crippen LogP contribution in [0.4, 0.5) is 5.69 Å². The molecule has 22 heavy (non-hydrogen) atoms. The summed E-state index contributed by atoms with van der Waals surface area (Å²) in [5.41, 5.74) is 3.53. The SMILES string of the molecule is CN(C)c1ccc(CNC(=O)CSCc2ccccc2)cc1. The second-order valence-corrected chi connectivity index (χ2v) is 6.30. The van der Waals surface area contributed by atoms with Crippen molar-refractivity contribution in [3.63, 3.8) is 0 Å². The van der Waals surface area contributed by atoms with E-state index in [-0.39, 0.29) is 5.91 Å². The molecule has 1 amide bonds. The zero-order valence-corrected chi connectivity index (χ0v) is 13.9. The van der Waals surface area contributed by atoms with Gasteiger partial charge in [0.15, 0.2) is 0 Å². The van der Waals surface area contributed by atoms with Crippen molar-refractivity contribution in [2.24, 2.45) is 0 Å². The molecule has 0 aromatic heterocycles. The van der Waals surface area contributed by atoms with Gasteiger partial charge >= 0.3 is 0 Å². The first-order chi connectivity index (χ1) is 10.6. The predicted molar refractivity (Wildman–Crippen MR) is 95.2 cm³/mol. The summed E-state index contributed by atoms with van der Waals surface area (Å²) in [4.78, 5) is 13.9. The molecule has 0 bridgehead atoms. The lowest BCUT2D eigenvalue weighted by Gasteiger charge is -2.13. The van der Waals surface area contributed by atoms with Crippen molar-refractivity contribution in [1.82, 2.24) is 5.32 Å². The highest BCUT2D eigenvalue weighted by Gasteiger charge is 2.02. The Morgan fingerprint density at radius 2 is 1.68 bits per heavy atom. The van der Waals surface area contributed by atoms with Crippen LogP contribution in [0.3, 0.4) is 0 Å². The molecule has 0 aliphatic rings. The lowest BCUT2D eigenvalue weighted by Crippen LogP contribution is -2.24. The molecule has 0 spiro atoms. The van der Waals surface area contributed by atoms with Crippen molar-refractivity contribution in [3.05, 3.63) is 65.7 Å². The summed E-state index contributed by atoms with van der Waals surface area (Å²) < 4.78 is 0. The molecule has 0 unspecified atom stereocenters. The lowest BCUT2D eigenvalue weighted by atomic mass is 10.2. The van der Waals surface area contributed by atoms with E-state index < -0.39 is 0 Å². The molecule has 1 N–H and O–H groups in total. The van der Waals surface area contributed by atoms with Crippen LogP contribution in [0.2, 0.25) is 0 Å². The Bertz CT molecular complexity index is 582. The van der Waals surface area contributed by atoms with E-state index >= 15 is 0 Å². The average molecular weight is 314 g/mol. The maximum Gasteiger partial charge on any atom is 0.230 e. The Balaban J connectivity index is 1.69. The van der Waals surface area contributed by atoms with Crippen LogP contribution in [0, 0.1) is 0 Å². The number of hydrogen-bond donors (Lipinski definition) is 1. The zero-order valence-electron chi connectivity index (χ0n) is 13.1. The number of carbonyl (C=O) groups is 1. The number of benzene rings is 2. The van der Waals surface area contributed by atoms with Crippen molar-refractivity contribution < 1.29 is 4.79 Å². The van der Waals surface area contributed by atoms with Crippen LogP contribution in [0.1, 0.15) is 11.1 Å². The lowest BCUT2D eigenvalue weighted by molar-refractivity contribution is -0.118. The molecule has 0 fully saturated rings. The molecule has 0 heterocycles. The minimum atomic E-state index is 0.0811. The minimum Gasteiger partial charge on any atom is -0.378 e. The van der Waals surface area contributed by atoms with Gasteiger partial charge < -0.3 is 10.2 Å². The third kappa shape index (κ3) is 5.45. The van der Waals surface area contributed by atoms with Gasteiger partial charge in [0.05, 0.1) is 5.75 Å². The smallest absolute Gasteiger partial charge is 0.230 e. The Morgan fingerprint density at radius 3 is 2.32 bits per heavy atom. The summed E-state index contributed by atoms with van der Waals surface area (Å²) in [5, 5.41) is 2.96. The number of nitrogens with one attached hydrogen (secondary N) is 1. The molecule has 0 aliphatic heterocycles. The van der Waals surface area contributed by atoms with E-state index in [0.29, 0.717) is 12.3 Å². The van der Waals surface area contributed by atoms with Crippen molar-refractivity contribution in [2.75, 3.05) is 24.7 Å². The number of nitrogens with zero attached hydrogens (tertiary/aromatic N) is 1. The topological polar surface area (TPSA) is 32.3 Å². The van der Waals surface area contributed by atoms with E-state index in [1.165, 1.54) is 5.56 Å². The first-order valence-corrected chi connectivity index (χ1v) is 8.45. The van der Waals surface area contributed by atoms with Gasteiger partial charge in [-0.25, -0.2) is 0 Å².